The molecule has 0 N–H and O–H groups in total. The van der Waals surface area contributed by atoms with Gasteiger partial charge in [-0.05, 0) is 20.3 Å². The number of nitrogens with zero attached hydrogens (tertiary/aromatic N) is 2. The van der Waals surface area contributed by atoms with Crippen LogP contribution in [-0.2, 0) is 22.4 Å². The molecule has 0 aliphatic heterocycles. The van der Waals surface area contributed by atoms with E-state index in [1.807, 2.05) is 19.2 Å². The van der Waals surface area contributed by atoms with Crippen molar-refractivity contribution >= 4 is 22.3 Å². The molecule has 0 atom stereocenters. The number of esters is 1. The first-order chi connectivity index (χ1) is 8.17. The molecule has 0 radical (unpaired) electrons. The van der Waals surface area contributed by atoms with Gasteiger partial charge in [-0.25, -0.2) is 4.98 Å². The van der Waals surface area contributed by atoms with Crippen LogP contribution in [0.5, 0.6) is 0 Å². The number of imidazole rings is 1. The van der Waals surface area contributed by atoms with Gasteiger partial charge in [0.05, 0.1) is 18.7 Å². The van der Waals surface area contributed by atoms with Gasteiger partial charge in [-0.1, -0.05) is 6.92 Å². The Balaban J connectivity index is 2.34. The average Bonchev–Trinajstić information content (AvgIpc) is 2.81. The fourth-order valence-corrected chi connectivity index (χ4v) is 2.88. The van der Waals surface area contributed by atoms with E-state index in [-0.39, 0.29) is 5.97 Å². The Hall–Kier alpha value is -1.36. The van der Waals surface area contributed by atoms with Crippen molar-refractivity contribution < 1.29 is 9.53 Å². The quantitative estimate of drug-likeness (QED) is 0.785. The van der Waals surface area contributed by atoms with Crippen LogP contribution in [-0.4, -0.2) is 22.0 Å². The van der Waals surface area contributed by atoms with E-state index in [2.05, 4.69) is 16.3 Å². The zero-order valence-electron chi connectivity index (χ0n) is 10.3. The molecule has 0 unspecified atom stereocenters. The van der Waals surface area contributed by atoms with Crippen molar-refractivity contribution in [2.24, 2.45) is 0 Å². The molecule has 0 fully saturated rings. The molecule has 0 aliphatic carbocycles. The fourth-order valence-electron chi connectivity index (χ4n) is 1.93. The summed E-state index contributed by atoms with van der Waals surface area (Å²) < 4.78 is 7.03. The lowest BCUT2D eigenvalue weighted by atomic mass is 10.3. The molecule has 92 valence electrons. The monoisotopic (exact) mass is 252 g/mol. The highest BCUT2D eigenvalue weighted by molar-refractivity contribution is 7.15. The molecule has 0 aliphatic rings. The SMILES string of the molecule is CCOC(=O)Cc1csc2nc(CC)c(C)n12. The Bertz CT molecular complexity index is 542. The van der Waals surface area contributed by atoms with Crippen LogP contribution in [0.1, 0.15) is 30.9 Å². The third-order valence-electron chi connectivity index (χ3n) is 2.73. The summed E-state index contributed by atoms with van der Waals surface area (Å²) in [7, 11) is 0. The maximum Gasteiger partial charge on any atom is 0.311 e. The van der Waals surface area contributed by atoms with Crippen molar-refractivity contribution in [3.8, 4) is 0 Å². The Morgan fingerprint density at radius 3 is 2.94 bits per heavy atom. The van der Waals surface area contributed by atoms with Gasteiger partial charge in [0.15, 0.2) is 4.96 Å². The molecular formula is C12H16N2O2S. The van der Waals surface area contributed by atoms with Gasteiger partial charge < -0.3 is 4.74 Å². The number of fused-ring (bicyclic) bond motifs is 1. The topological polar surface area (TPSA) is 43.6 Å². The van der Waals surface area contributed by atoms with Crippen LogP contribution in [0.15, 0.2) is 5.38 Å². The summed E-state index contributed by atoms with van der Waals surface area (Å²) in [4.78, 5) is 17.0. The van der Waals surface area contributed by atoms with Crippen LogP contribution in [0.2, 0.25) is 0 Å². The highest BCUT2D eigenvalue weighted by atomic mass is 32.1. The zero-order chi connectivity index (χ0) is 12.4. The third kappa shape index (κ3) is 2.20. The van der Waals surface area contributed by atoms with E-state index >= 15 is 0 Å². The molecular weight excluding hydrogens is 236 g/mol. The van der Waals surface area contributed by atoms with Gasteiger partial charge in [0.2, 0.25) is 0 Å². The first-order valence-electron chi connectivity index (χ1n) is 5.77. The number of hydrogen-bond donors (Lipinski definition) is 0. The molecule has 0 amide bonds. The van der Waals surface area contributed by atoms with Crippen LogP contribution < -0.4 is 0 Å². The maximum atomic E-state index is 11.5. The van der Waals surface area contributed by atoms with Crippen molar-refractivity contribution in [1.29, 1.82) is 0 Å². The summed E-state index contributed by atoms with van der Waals surface area (Å²) in [6, 6.07) is 0. The molecule has 0 bridgehead atoms. The number of carbonyl (C=O) groups excluding carboxylic acids is 1. The minimum Gasteiger partial charge on any atom is -0.466 e. The largest absolute Gasteiger partial charge is 0.466 e. The molecule has 0 spiro atoms. The molecule has 2 rings (SSSR count). The lowest BCUT2D eigenvalue weighted by Gasteiger charge is -2.02. The molecule has 2 aromatic heterocycles. The third-order valence-corrected chi connectivity index (χ3v) is 3.60. The number of aryl methyl sites for hydroxylation is 2. The first-order valence-corrected chi connectivity index (χ1v) is 6.65. The van der Waals surface area contributed by atoms with E-state index < -0.39 is 0 Å². The predicted octanol–water partition coefficient (Wildman–Crippen LogP) is 2.37. The van der Waals surface area contributed by atoms with Gasteiger partial charge in [0.1, 0.15) is 0 Å². The number of hydrogen-bond acceptors (Lipinski definition) is 4. The fraction of sp³-hybridized carbons (Fsp3) is 0.500. The summed E-state index contributed by atoms with van der Waals surface area (Å²) >= 11 is 1.57. The summed E-state index contributed by atoms with van der Waals surface area (Å²) in [5.41, 5.74) is 3.19. The normalized spacial score (nSPS) is 11.0. The molecule has 17 heavy (non-hydrogen) atoms. The van der Waals surface area contributed by atoms with Gasteiger partial charge in [-0.15, -0.1) is 11.3 Å². The van der Waals surface area contributed by atoms with Gasteiger partial charge in [0.25, 0.3) is 0 Å². The van der Waals surface area contributed by atoms with E-state index in [9.17, 15) is 4.79 Å². The van der Waals surface area contributed by atoms with Crippen LogP contribution in [0.4, 0.5) is 0 Å². The van der Waals surface area contributed by atoms with E-state index in [1.54, 1.807) is 11.3 Å². The Morgan fingerprint density at radius 1 is 1.53 bits per heavy atom. The lowest BCUT2D eigenvalue weighted by Crippen LogP contribution is -2.09. The average molecular weight is 252 g/mol. The molecule has 0 saturated heterocycles. The van der Waals surface area contributed by atoms with E-state index in [0.717, 1.165) is 28.5 Å². The molecule has 2 heterocycles. The Labute approximate surface area is 104 Å². The molecule has 0 saturated carbocycles. The van der Waals surface area contributed by atoms with Crippen LogP contribution in [0.3, 0.4) is 0 Å². The number of rotatable bonds is 4. The van der Waals surface area contributed by atoms with Gasteiger partial charge >= 0.3 is 5.97 Å². The molecule has 4 nitrogen and oxygen atoms in total. The Kier molecular flexibility index (Phi) is 3.47. The molecule has 0 aromatic carbocycles. The van der Waals surface area contributed by atoms with Crippen molar-refractivity contribution in [2.75, 3.05) is 6.61 Å². The zero-order valence-corrected chi connectivity index (χ0v) is 11.1. The van der Waals surface area contributed by atoms with E-state index in [0.29, 0.717) is 13.0 Å². The van der Waals surface area contributed by atoms with Gasteiger partial charge in [0, 0.05) is 16.8 Å². The minimum atomic E-state index is -0.182. The van der Waals surface area contributed by atoms with E-state index in [4.69, 9.17) is 4.74 Å². The predicted molar refractivity (Wildman–Crippen MR) is 67.5 cm³/mol. The van der Waals surface area contributed by atoms with Crippen molar-refractivity contribution in [3.05, 3.63) is 22.5 Å². The molecule has 2 aromatic rings. The number of aromatic nitrogens is 2. The van der Waals surface area contributed by atoms with E-state index in [1.165, 1.54) is 0 Å². The standard InChI is InChI=1S/C12H16N2O2S/c1-4-10-8(3)14-9(6-11(15)16-5-2)7-17-12(14)13-10/h7H,4-6H2,1-3H3. The van der Waals surface area contributed by atoms with Gasteiger partial charge in [-0.3, -0.25) is 9.20 Å². The van der Waals surface area contributed by atoms with Crippen molar-refractivity contribution in [2.45, 2.75) is 33.6 Å². The van der Waals surface area contributed by atoms with Crippen LogP contribution in [0.25, 0.3) is 4.96 Å². The number of thiazole rings is 1. The summed E-state index contributed by atoms with van der Waals surface area (Å²) in [5, 5.41) is 1.98. The molecule has 5 heteroatoms. The number of carbonyl (C=O) groups is 1. The van der Waals surface area contributed by atoms with Crippen molar-refractivity contribution in [3.63, 3.8) is 0 Å². The highest BCUT2D eigenvalue weighted by Crippen LogP contribution is 2.21. The summed E-state index contributed by atoms with van der Waals surface area (Å²) in [5.74, 6) is -0.182. The minimum absolute atomic E-state index is 0.182. The smallest absolute Gasteiger partial charge is 0.311 e. The van der Waals surface area contributed by atoms with Crippen LogP contribution in [0, 0.1) is 6.92 Å². The maximum absolute atomic E-state index is 11.5. The number of ether oxygens (including phenoxy) is 1. The second-order valence-corrected chi connectivity index (χ2v) is 4.66. The summed E-state index contributed by atoms with van der Waals surface area (Å²) in [6.07, 6.45) is 1.23. The lowest BCUT2D eigenvalue weighted by molar-refractivity contribution is -0.142. The first kappa shape index (κ1) is 12.1. The highest BCUT2D eigenvalue weighted by Gasteiger charge is 2.14. The second-order valence-electron chi connectivity index (χ2n) is 3.82. The second kappa shape index (κ2) is 4.87. The van der Waals surface area contributed by atoms with Crippen molar-refractivity contribution in [1.82, 2.24) is 9.38 Å². The summed E-state index contributed by atoms with van der Waals surface area (Å²) in [6.45, 7) is 6.37. The van der Waals surface area contributed by atoms with Gasteiger partial charge in [-0.2, -0.15) is 0 Å². The Morgan fingerprint density at radius 2 is 2.29 bits per heavy atom. The van der Waals surface area contributed by atoms with Crippen LogP contribution >= 0.6 is 11.3 Å².